The minimum absolute atomic E-state index is 0.138. The van der Waals surface area contributed by atoms with Crippen molar-refractivity contribution in [2.75, 3.05) is 6.61 Å². The molecule has 1 aliphatic carbocycles. The van der Waals surface area contributed by atoms with Crippen molar-refractivity contribution in [2.24, 2.45) is 18.1 Å². The van der Waals surface area contributed by atoms with E-state index in [0.717, 1.165) is 28.8 Å². The summed E-state index contributed by atoms with van der Waals surface area (Å²) < 4.78 is 9.89. The first-order valence-corrected chi connectivity index (χ1v) is 11.0. The van der Waals surface area contributed by atoms with Gasteiger partial charge in [0.25, 0.3) is 0 Å². The van der Waals surface area contributed by atoms with Gasteiger partial charge in [-0.2, -0.15) is 0 Å². The monoisotopic (exact) mass is 447 g/mol. The average molecular weight is 447 g/mol. The van der Waals surface area contributed by atoms with Gasteiger partial charge in [-0.25, -0.2) is 14.8 Å². The lowest BCUT2D eigenvalue weighted by atomic mass is 10.2. The Bertz CT molecular complexity index is 1430. The van der Waals surface area contributed by atoms with Gasteiger partial charge in [0.05, 0.1) is 29.1 Å². The van der Waals surface area contributed by atoms with Crippen molar-refractivity contribution in [1.82, 2.24) is 19.1 Å². The van der Waals surface area contributed by atoms with Crippen LogP contribution in [0.4, 0.5) is 0 Å². The molecule has 0 spiro atoms. The molecule has 1 aromatic carbocycles. The topological polar surface area (TPSA) is 115 Å². The van der Waals surface area contributed by atoms with Gasteiger partial charge in [0, 0.05) is 19.0 Å². The van der Waals surface area contributed by atoms with Gasteiger partial charge in [0.1, 0.15) is 22.6 Å². The molecule has 3 aromatic heterocycles. The Labute approximate surface area is 189 Å². The van der Waals surface area contributed by atoms with Gasteiger partial charge >= 0.3 is 5.97 Å². The second-order valence-corrected chi connectivity index (χ2v) is 8.45. The van der Waals surface area contributed by atoms with Crippen LogP contribution in [0.3, 0.4) is 0 Å². The fourth-order valence-corrected chi connectivity index (χ4v) is 4.24. The van der Waals surface area contributed by atoms with E-state index in [1.807, 2.05) is 30.7 Å². The molecule has 0 aliphatic heterocycles. The molecular formula is C24H25N5O4. The second kappa shape index (κ2) is 7.91. The van der Waals surface area contributed by atoms with Crippen molar-refractivity contribution >= 4 is 33.7 Å². The zero-order valence-corrected chi connectivity index (χ0v) is 18.7. The molecule has 33 heavy (non-hydrogen) atoms. The van der Waals surface area contributed by atoms with Crippen LogP contribution in [0.25, 0.3) is 33.6 Å². The number of rotatable bonds is 7. The number of hydrogen-bond donors (Lipinski definition) is 2. The molecule has 170 valence electrons. The maximum atomic E-state index is 11.6. The number of carbonyl (C=O) groups is 1. The highest BCUT2D eigenvalue weighted by Gasteiger charge is 2.27. The Balaban J connectivity index is 1.75. The summed E-state index contributed by atoms with van der Waals surface area (Å²) in [5, 5.41) is 23.0. The molecule has 4 aromatic rings. The van der Waals surface area contributed by atoms with E-state index in [9.17, 15) is 15.1 Å². The van der Waals surface area contributed by atoms with Crippen LogP contribution in [0, 0.1) is 5.92 Å². The zero-order chi connectivity index (χ0) is 23.3. The Morgan fingerprint density at radius 3 is 2.70 bits per heavy atom. The number of benzene rings is 1. The first kappa shape index (κ1) is 21.0. The summed E-state index contributed by atoms with van der Waals surface area (Å²) >= 11 is 0. The number of fused-ring (bicyclic) bond motifs is 2. The number of carboxylic acids is 1. The summed E-state index contributed by atoms with van der Waals surface area (Å²) in [6.45, 7) is 4.81. The van der Waals surface area contributed by atoms with Crippen LogP contribution in [0.1, 0.15) is 42.7 Å². The van der Waals surface area contributed by atoms with Crippen LogP contribution in [0.15, 0.2) is 35.5 Å². The molecule has 0 bridgehead atoms. The van der Waals surface area contributed by atoms with Crippen LogP contribution in [0.5, 0.6) is 5.75 Å². The van der Waals surface area contributed by atoms with E-state index in [2.05, 4.69) is 15.8 Å². The van der Waals surface area contributed by atoms with Crippen molar-refractivity contribution in [2.45, 2.75) is 33.2 Å². The van der Waals surface area contributed by atoms with Gasteiger partial charge < -0.3 is 24.2 Å². The van der Waals surface area contributed by atoms with Gasteiger partial charge in [-0.05, 0) is 62.9 Å². The summed E-state index contributed by atoms with van der Waals surface area (Å²) in [6, 6.07) is 8.98. The quantitative estimate of drug-likeness (QED) is 0.248. The molecule has 1 saturated carbocycles. The summed E-state index contributed by atoms with van der Waals surface area (Å²) in [4.78, 5) is 21.3. The lowest BCUT2D eigenvalue weighted by Gasteiger charge is -2.11. The molecule has 0 amide bonds. The molecule has 9 nitrogen and oxygen atoms in total. The third-order valence-electron chi connectivity index (χ3n) is 6.11. The van der Waals surface area contributed by atoms with Crippen molar-refractivity contribution in [3.63, 3.8) is 0 Å². The number of aromatic carboxylic acids is 1. The highest BCUT2D eigenvalue weighted by atomic mass is 16.5. The van der Waals surface area contributed by atoms with Crippen molar-refractivity contribution in [3.8, 4) is 17.3 Å². The Morgan fingerprint density at radius 2 is 2.03 bits per heavy atom. The van der Waals surface area contributed by atoms with E-state index in [-0.39, 0.29) is 5.56 Å². The van der Waals surface area contributed by atoms with Crippen molar-refractivity contribution in [3.05, 3.63) is 41.6 Å². The third-order valence-corrected chi connectivity index (χ3v) is 6.11. The lowest BCUT2D eigenvalue weighted by molar-refractivity contribution is 0.0696. The van der Waals surface area contributed by atoms with Crippen LogP contribution in [-0.2, 0) is 13.6 Å². The summed E-state index contributed by atoms with van der Waals surface area (Å²) in [7, 11) is 1.91. The fraction of sp³-hybridized carbons (Fsp3) is 0.333. The molecule has 1 fully saturated rings. The van der Waals surface area contributed by atoms with Gasteiger partial charge in [0.2, 0.25) is 0 Å². The highest BCUT2D eigenvalue weighted by molar-refractivity contribution is 5.99. The lowest BCUT2D eigenvalue weighted by Crippen LogP contribution is -2.07. The fourth-order valence-electron chi connectivity index (χ4n) is 4.24. The first-order valence-electron chi connectivity index (χ1n) is 11.0. The van der Waals surface area contributed by atoms with Gasteiger partial charge in [0.15, 0.2) is 5.82 Å². The number of carboxylic acid groups (broad SMARTS) is 1. The van der Waals surface area contributed by atoms with Crippen LogP contribution >= 0.6 is 0 Å². The number of oxime groups is 1. The van der Waals surface area contributed by atoms with Crippen LogP contribution in [0.2, 0.25) is 0 Å². The third kappa shape index (κ3) is 3.59. The summed E-state index contributed by atoms with van der Waals surface area (Å²) in [5.41, 5.74) is 4.22. The summed E-state index contributed by atoms with van der Waals surface area (Å²) in [6.07, 6.45) is 2.35. The predicted octanol–water partition coefficient (Wildman–Crippen LogP) is 4.30. The number of hydrogen-bond acceptors (Lipinski definition) is 6. The molecule has 0 radical (unpaired) electrons. The van der Waals surface area contributed by atoms with E-state index >= 15 is 0 Å². The standard InChI is InChI=1S/C24H25N5O4/c1-4-33-20-11-16(24(30)31)9-18-21(20)28(3)23(26-18)19-10-15-7-8-17(13(2)27-32)25-22(15)29(19)12-14-5-6-14/h7-11,14,32H,4-6,12H2,1-3H3,(H,30,31)/b27-13+. The smallest absolute Gasteiger partial charge is 0.335 e. The molecule has 0 saturated heterocycles. The van der Waals surface area contributed by atoms with E-state index in [0.29, 0.717) is 41.0 Å². The first-order chi connectivity index (χ1) is 15.9. The van der Waals surface area contributed by atoms with Crippen LogP contribution in [-0.4, -0.2) is 47.7 Å². The van der Waals surface area contributed by atoms with E-state index < -0.39 is 5.97 Å². The normalized spacial score (nSPS) is 14.3. The maximum Gasteiger partial charge on any atom is 0.335 e. The number of imidazole rings is 1. The molecule has 1 aliphatic rings. The minimum atomic E-state index is -1.02. The Hall–Kier alpha value is -3.88. The zero-order valence-electron chi connectivity index (χ0n) is 18.7. The second-order valence-electron chi connectivity index (χ2n) is 8.45. The van der Waals surface area contributed by atoms with Gasteiger partial charge in [-0.1, -0.05) is 5.16 Å². The van der Waals surface area contributed by atoms with Gasteiger partial charge in [-0.15, -0.1) is 0 Å². The number of ether oxygens (including phenoxy) is 1. The average Bonchev–Trinajstić information content (AvgIpc) is 3.47. The van der Waals surface area contributed by atoms with E-state index in [4.69, 9.17) is 14.7 Å². The Morgan fingerprint density at radius 1 is 1.24 bits per heavy atom. The summed E-state index contributed by atoms with van der Waals surface area (Å²) in [5.74, 6) is 0.769. The number of aromatic nitrogens is 4. The number of aryl methyl sites for hydroxylation is 1. The van der Waals surface area contributed by atoms with Crippen molar-refractivity contribution in [1.29, 1.82) is 0 Å². The molecule has 5 rings (SSSR count). The largest absolute Gasteiger partial charge is 0.492 e. The molecule has 0 atom stereocenters. The number of nitrogens with zero attached hydrogens (tertiary/aromatic N) is 5. The predicted molar refractivity (Wildman–Crippen MR) is 124 cm³/mol. The Kier molecular flexibility index (Phi) is 5.03. The minimum Gasteiger partial charge on any atom is -0.492 e. The van der Waals surface area contributed by atoms with Crippen LogP contribution < -0.4 is 4.74 Å². The van der Waals surface area contributed by atoms with Crippen molar-refractivity contribution < 1.29 is 19.8 Å². The SMILES string of the molecule is CCOc1cc(C(=O)O)cc2nc(-c3cc4ccc(/C(C)=N/O)nc4n3CC3CC3)n(C)c12. The molecule has 2 N–H and O–H groups in total. The number of pyridine rings is 1. The maximum absolute atomic E-state index is 11.6. The van der Waals surface area contributed by atoms with E-state index in [1.54, 1.807) is 19.1 Å². The molecule has 0 unspecified atom stereocenters. The molecular weight excluding hydrogens is 422 g/mol. The van der Waals surface area contributed by atoms with E-state index in [1.165, 1.54) is 12.8 Å². The molecule has 3 heterocycles. The molecule has 9 heteroatoms. The highest BCUT2D eigenvalue weighted by Crippen LogP contribution is 2.37. The van der Waals surface area contributed by atoms with Gasteiger partial charge in [-0.3, -0.25) is 0 Å².